The lowest BCUT2D eigenvalue weighted by atomic mass is 9.98. The molecule has 1 unspecified atom stereocenters. The standard InChI is InChI=1S/C32H31N7O3/c1-3-27-22(2)4-6-24-19-39(29(40)28(24)27)21-32(30(41)35-31(42)36-32)11-8-23-5-7-25(34-18-23)20-37-14-16-38(17-15-37)26-9-12-33-13-10-26/h3-7,9-10,12-13,18H,1,14-17,19-21H2,2H3,(H2,35,36,41,42). The van der Waals surface area contributed by atoms with Gasteiger partial charge in [-0.05, 0) is 47.9 Å². The van der Waals surface area contributed by atoms with Crippen molar-refractivity contribution >= 4 is 29.6 Å². The first-order valence-corrected chi connectivity index (χ1v) is 13.9. The lowest BCUT2D eigenvalue weighted by molar-refractivity contribution is -0.122. The molecule has 0 radical (unpaired) electrons. The second-order valence-corrected chi connectivity index (χ2v) is 10.8. The number of amides is 4. The number of urea groups is 1. The molecule has 0 saturated carbocycles. The highest BCUT2D eigenvalue weighted by Crippen LogP contribution is 2.30. The fourth-order valence-electron chi connectivity index (χ4n) is 5.72. The number of nitrogens with zero attached hydrogens (tertiary/aromatic N) is 5. The molecular weight excluding hydrogens is 530 g/mol. The zero-order chi connectivity index (χ0) is 29.3. The number of carbonyl (C=O) groups excluding carboxylic acids is 3. The van der Waals surface area contributed by atoms with E-state index in [1.807, 2.05) is 55.7 Å². The number of anilines is 1. The van der Waals surface area contributed by atoms with Crippen molar-refractivity contribution in [2.75, 3.05) is 37.6 Å². The number of pyridine rings is 2. The summed E-state index contributed by atoms with van der Waals surface area (Å²) in [6.45, 7) is 10.5. The Balaban J connectivity index is 1.14. The van der Waals surface area contributed by atoms with Crippen molar-refractivity contribution in [3.05, 3.63) is 95.1 Å². The van der Waals surface area contributed by atoms with Crippen molar-refractivity contribution in [2.45, 2.75) is 25.6 Å². The van der Waals surface area contributed by atoms with Crippen LogP contribution in [0.4, 0.5) is 10.5 Å². The molecule has 0 spiro atoms. The molecule has 2 aromatic heterocycles. The molecule has 0 aliphatic carbocycles. The Kier molecular flexibility index (Phi) is 7.19. The molecule has 6 rings (SSSR count). The highest BCUT2D eigenvalue weighted by atomic mass is 16.2. The number of aryl methyl sites for hydroxylation is 1. The molecule has 5 heterocycles. The SMILES string of the molecule is C=Cc1c(C)ccc2c1C(=O)N(CC1(C#Cc3ccc(CN4CCN(c5ccncc5)CC4)nc3)NC(=O)NC1=O)C2. The Morgan fingerprint density at radius 3 is 2.50 bits per heavy atom. The fourth-order valence-corrected chi connectivity index (χ4v) is 5.72. The summed E-state index contributed by atoms with van der Waals surface area (Å²) >= 11 is 0. The van der Waals surface area contributed by atoms with Crippen molar-refractivity contribution in [2.24, 2.45) is 0 Å². The highest BCUT2D eigenvalue weighted by Gasteiger charge is 2.48. The minimum Gasteiger partial charge on any atom is -0.369 e. The van der Waals surface area contributed by atoms with Crippen LogP contribution in [0, 0.1) is 18.8 Å². The molecular formula is C32H31N7O3. The van der Waals surface area contributed by atoms with Crippen LogP contribution < -0.4 is 15.5 Å². The minimum absolute atomic E-state index is 0.0856. The van der Waals surface area contributed by atoms with E-state index in [1.165, 1.54) is 5.69 Å². The molecule has 10 heteroatoms. The van der Waals surface area contributed by atoms with Crippen molar-refractivity contribution in [1.29, 1.82) is 0 Å². The summed E-state index contributed by atoms with van der Waals surface area (Å²) in [5.74, 6) is 5.17. The van der Waals surface area contributed by atoms with E-state index < -0.39 is 17.5 Å². The van der Waals surface area contributed by atoms with Gasteiger partial charge in [0.1, 0.15) is 0 Å². The maximum atomic E-state index is 13.4. The van der Waals surface area contributed by atoms with Crippen LogP contribution in [-0.2, 0) is 17.9 Å². The maximum absolute atomic E-state index is 13.4. The zero-order valence-electron chi connectivity index (χ0n) is 23.4. The predicted molar refractivity (Wildman–Crippen MR) is 158 cm³/mol. The van der Waals surface area contributed by atoms with Gasteiger partial charge in [-0.15, -0.1) is 0 Å². The zero-order valence-corrected chi connectivity index (χ0v) is 23.4. The predicted octanol–water partition coefficient (Wildman–Crippen LogP) is 2.34. The Bertz CT molecular complexity index is 1620. The van der Waals surface area contributed by atoms with Crippen molar-refractivity contribution in [3.8, 4) is 11.8 Å². The number of nitrogens with one attached hydrogen (secondary N) is 2. The molecule has 4 amide bonds. The van der Waals surface area contributed by atoms with E-state index >= 15 is 0 Å². The van der Waals surface area contributed by atoms with Gasteiger partial charge in [0.15, 0.2) is 0 Å². The van der Waals surface area contributed by atoms with Gasteiger partial charge in [-0.3, -0.25) is 29.8 Å². The van der Waals surface area contributed by atoms with Crippen LogP contribution in [0.15, 0.2) is 61.6 Å². The van der Waals surface area contributed by atoms with Gasteiger partial charge in [-0.25, -0.2) is 4.79 Å². The number of imide groups is 1. The monoisotopic (exact) mass is 561 g/mol. The van der Waals surface area contributed by atoms with Gasteiger partial charge in [-0.2, -0.15) is 0 Å². The van der Waals surface area contributed by atoms with Crippen molar-refractivity contribution in [3.63, 3.8) is 0 Å². The van der Waals surface area contributed by atoms with Crippen molar-refractivity contribution < 1.29 is 14.4 Å². The number of piperazine rings is 1. The summed E-state index contributed by atoms with van der Waals surface area (Å²) < 4.78 is 0. The fraction of sp³-hybridized carbons (Fsp3) is 0.281. The summed E-state index contributed by atoms with van der Waals surface area (Å²) in [7, 11) is 0. The maximum Gasteiger partial charge on any atom is 0.323 e. The largest absolute Gasteiger partial charge is 0.369 e. The van der Waals surface area contributed by atoms with E-state index in [-0.39, 0.29) is 12.5 Å². The van der Waals surface area contributed by atoms with Crippen LogP contribution in [0.2, 0.25) is 0 Å². The summed E-state index contributed by atoms with van der Waals surface area (Å²) in [4.78, 5) is 53.5. The van der Waals surface area contributed by atoms with Gasteiger partial charge in [0.25, 0.3) is 11.8 Å². The smallest absolute Gasteiger partial charge is 0.323 e. The quantitative estimate of drug-likeness (QED) is 0.351. The average Bonchev–Trinajstić information content (AvgIpc) is 3.47. The van der Waals surface area contributed by atoms with Gasteiger partial charge in [0.05, 0.1) is 17.8 Å². The molecule has 3 aliphatic rings. The number of aromatic nitrogens is 2. The van der Waals surface area contributed by atoms with E-state index in [2.05, 4.69) is 48.8 Å². The molecule has 2 fully saturated rings. The molecule has 3 aliphatic heterocycles. The molecule has 2 saturated heterocycles. The van der Waals surface area contributed by atoms with E-state index in [0.29, 0.717) is 17.7 Å². The Morgan fingerprint density at radius 1 is 1.05 bits per heavy atom. The Labute approximate surface area is 244 Å². The number of benzene rings is 1. The number of carbonyl (C=O) groups is 3. The first kappa shape index (κ1) is 27.2. The van der Waals surface area contributed by atoms with Crippen LogP contribution >= 0.6 is 0 Å². The topological polar surface area (TPSA) is 111 Å². The molecule has 212 valence electrons. The molecule has 10 nitrogen and oxygen atoms in total. The molecule has 2 N–H and O–H groups in total. The third-order valence-electron chi connectivity index (χ3n) is 8.02. The number of fused-ring (bicyclic) bond motifs is 1. The van der Waals surface area contributed by atoms with E-state index in [4.69, 9.17) is 0 Å². The Hall–Kier alpha value is -5.01. The molecule has 42 heavy (non-hydrogen) atoms. The van der Waals surface area contributed by atoms with Gasteiger partial charge in [0.2, 0.25) is 5.54 Å². The highest BCUT2D eigenvalue weighted by molar-refractivity contribution is 6.10. The van der Waals surface area contributed by atoms with Gasteiger partial charge >= 0.3 is 6.03 Å². The van der Waals surface area contributed by atoms with E-state index in [0.717, 1.165) is 55.1 Å². The van der Waals surface area contributed by atoms with Crippen LogP contribution in [0.25, 0.3) is 6.08 Å². The van der Waals surface area contributed by atoms with Crippen LogP contribution in [0.3, 0.4) is 0 Å². The normalized spacial score (nSPS) is 20.1. The van der Waals surface area contributed by atoms with Gasteiger partial charge < -0.3 is 15.1 Å². The van der Waals surface area contributed by atoms with E-state index in [1.54, 1.807) is 17.2 Å². The molecule has 1 atom stereocenters. The minimum atomic E-state index is -1.58. The van der Waals surface area contributed by atoms with Crippen LogP contribution in [0.5, 0.6) is 0 Å². The summed E-state index contributed by atoms with van der Waals surface area (Å²) in [6, 6.07) is 11.1. The van der Waals surface area contributed by atoms with Crippen molar-refractivity contribution in [1.82, 2.24) is 30.4 Å². The van der Waals surface area contributed by atoms with E-state index in [9.17, 15) is 14.4 Å². The number of rotatable bonds is 6. The van der Waals surface area contributed by atoms with Crippen LogP contribution in [0.1, 0.15) is 38.3 Å². The first-order valence-electron chi connectivity index (χ1n) is 13.9. The van der Waals surface area contributed by atoms with Crippen LogP contribution in [-0.4, -0.2) is 75.9 Å². The van der Waals surface area contributed by atoms with Gasteiger partial charge in [0, 0.05) is 69.1 Å². The third-order valence-corrected chi connectivity index (χ3v) is 8.02. The molecule has 1 aromatic carbocycles. The third kappa shape index (κ3) is 5.22. The average molecular weight is 562 g/mol. The first-order chi connectivity index (χ1) is 20.3. The molecule has 3 aromatic rings. The lowest BCUT2D eigenvalue weighted by Gasteiger charge is -2.35. The summed E-state index contributed by atoms with van der Waals surface area (Å²) in [5, 5.41) is 4.94. The summed E-state index contributed by atoms with van der Waals surface area (Å²) in [5.41, 5.74) is 4.30. The number of hydrogen-bond acceptors (Lipinski definition) is 7. The summed E-state index contributed by atoms with van der Waals surface area (Å²) in [6.07, 6.45) is 6.98. The molecule has 0 bridgehead atoms. The second-order valence-electron chi connectivity index (χ2n) is 10.8. The Morgan fingerprint density at radius 2 is 1.83 bits per heavy atom. The number of hydrogen-bond donors (Lipinski definition) is 2. The van der Waals surface area contributed by atoms with Gasteiger partial charge in [-0.1, -0.05) is 36.6 Å². The lowest BCUT2D eigenvalue weighted by Crippen LogP contribution is -2.54. The second kappa shape index (κ2) is 11.1.